The van der Waals surface area contributed by atoms with Gasteiger partial charge in [-0.05, 0) is 37.1 Å². The summed E-state index contributed by atoms with van der Waals surface area (Å²) < 4.78 is 1.21. The fraction of sp³-hybridized carbons (Fsp3) is 0.235. The Morgan fingerprint density at radius 1 is 1.17 bits per heavy atom. The smallest absolute Gasteiger partial charge is 0.269 e. The standard InChI is InChI=1S/C17H15N3O2S/c21-20(22)13-9-7-12(8-10-13)19-11-3-5-15(19)17-18-14-4-1-2-6-16(14)23-17/h1-2,4,6-10,15H,3,5,11H2/t15-/m1/s1. The lowest BCUT2D eigenvalue weighted by Crippen LogP contribution is -2.22. The molecule has 0 unspecified atom stereocenters. The molecule has 0 radical (unpaired) electrons. The highest BCUT2D eigenvalue weighted by molar-refractivity contribution is 7.18. The van der Waals surface area contributed by atoms with Crippen LogP contribution in [0.2, 0.25) is 0 Å². The van der Waals surface area contributed by atoms with E-state index in [9.17, 15) is 10.1 Å². The number of hydrogen-bond donors (Lipinski definition) is 0. The summed E-state index contributed by atoms with van der Waals surface area (Å²) in [6.07, 6.45) is 2.17. The maximum Gasteiger partial charge on any atom is 0.269 e. The normalized spacial score (nSPS) is 17.7. The van der Waals surface area contributed by atoms with E-state index in [1.165, 1.54) is 4.70 Å². The van der Waals surface area contributed by atoms with Crippen molar-refractivity contribution in [3.05, 3.63) is 63.7 Å². The molecule has 0 aliphatic carbocycles. The molecular weight excluding hydrogens is 310 g/mol. The van der Waals surface area contributed by atoms with Crippen molar-refractivity contribution in [3.63, 3.8) is 0 Å². The molecule has 116 valence electrons. The topological polar surface area (TPSA) is 59.3 Å². The summed E-state index contributed by atoms with van der Waals surface area (Å²) in [7, 11) is 0. The summed E-state index contributed by atoms with van der Waals surface area (Å²) in [5.41, 5.74) is 2.20. The predicted octanol–water partition coefficient (Wildman–Crippen LogP) is 4.55. The van der Waals surface area contributed by atoms with Gasteiger partial charge in [0.05, 0.1) is 21.2 Å². The fourth-order valence-electron chi connectivity index (χ4n) is 3.13. The molecule has 2 heterocycles. The van der Waals surface area contributed by atoms with Crippen molar-refractivity contribution in [2.24, 2.45) is 0 Å². The van der Waals surface area contributed by atoms with Gasteiger partial charge in [-0.1, -0.05) is 12.1 Å². The molecule has 0 amide bonds. The Morgan fingerprint density at radius 2 is 1.96 bits per heavy atom. The Labute approximate surface area is 137 Å². The molecule has 4 rings (SSSR count). The molecule has 1 aliphatic rings. The number of anilines is 1. The maximum atomic E-state index is 10.8. The highest BCUT2D eigenvalue weighted by atomic mass is 32.1. The number of nitro benzene ring substituents is 1. The summed E-state index contributed by atoms with van der Waals surface area (Å²) in [5, 5.41) is 11.9. The number of aromatic nitrogens is 1. The van der Waals surface area contributed by atoms with Gasteiger partial charge in [0.1, 0.15) is 5.01 Å². The molecule has 0 N–H and O–H groups in total. The molecule has 1 atom stereocenters. The lowest BCUT2D eigenvalue weighted by Gasteiger charge is -2.25. The van der Waals surface area contributed by atoms with Crippen LogP contribution in [0.1, 0.15) is 23.9 Å². The number of para-hydroxylation sites is 1. The largest absolute Gasteiger partial charge is 0.362 e. The molecule has 1 aliphatic heterocycles. The maximum absolute atomic E-state index is 10.8. The Bertz CT molecular complexity index is 827. The molecule has 23 heavy (non-hydrogen) atoms. The summed E-state index contributed by atoms with van der Waals surface area (Å²) in [5.74, 6) is 0. The average molecular weight is 325 g/mol. The number of hydrogen-bond acceptors (Lipinski definition) is 5. The Kier molecular flexibility index (Phi) is 3.46. The van der Waals surface area contributed by atoms with Crippen LogP contribution in [0.15, 0.2) is 48.5 Å². The molecule has 6 heteroatoms. The molecule has 1 aromatic heterocycles. The molecule has 0 bridgehead atoms. The third-order valence-corrected chi connectivity index (χ3v) is 5.38. The van der Waals surface area contributed by atoms with Crippen molar-refractivity contribution in [3.8, 4) is 0 Å². The lowest BCUT2D eigenvalue weighted by molar-refractivity contribution is -0.384. The monoisotopic (exact) mass is 325 g/mol. The first kappa shape index (κ1) is 14.1. The first-order valence-corrected chi connectivity index (χ1v) is 8.40. The van der Waals surface area contributed by atoms with Crippen LogP contribution in [0.25, 0.3) is 10.2 Å². The molecule has 1 fully saturated rings. The summed E-state index contributed by atoms with van der Waals surface area (Å²) in [6, 6.07) is 15.3. The van der Waals surface area contributed by atoms with E-state index in [-0.39, 0.29) is 16.7 Å². The van der Waals surface area contributed by atoms with E-state index in [2.05, 4.69) is 11.0 Å². The Morgan fingerprint density at radius 3 is 2.70 bits per heavy atom. The number of benzene rings is 2. The minimum atomic E-state index is -0.362. The van der Waals surface area contributed by atoms with E-state index in [1.54, 1.807) is 23.5 Å². The van der Waals surface area contributed by atoms with Crippen LogP contribution in [0.4, 0.5) is 11.4 Å². The Balaban J connectivity index is 1.66. The van der Waals surface area contributed by atoms with Crippen LogP contribution in [0.5, 0.6) is 0 Å². The predicted molar refractivity (Wildman–Crippen MR) is 92.0 cm³/mol. The van der Waals surface area contributed by atoms with E-state index >= 15 is 0 Å². The molecule has 2 aromatic carbocycles. The van der Waals surface area contributed by atoms with E-state index in [0.29, 0.717) is 0 Å². The third kappa shape index (κ3) is 2.55. The van der Waals surface area contributed by atoms with Gasteiger partial charge in [0.2, 0.25) is 0 Å². The number of fused-ring (bicyclic) bond motifs is 1. The molecule has 0 spiro atoms. The van der Waals surface area contributed by atoms with E-state index in [0.717, 1.165) is 35.6 Å². The molecule has 5 nitrogen and oxygen atoms in total. The van der Waals surface area contributed by atoms with Crippen molar-refractivity contribution >= 4 is 32.9 Å². The first-order valence-electron chi connectivity index (χ1n) is 7.59. The molecule has 3 aromatic rings. The SMILES string of the molecule is O=[N+]([O-])c1ccc(N2CCC[C@@H]2c2nc3ccccc3s2)cc1. The molecule has 1 saturated heterocycles. The van der Waals surface area contributed by atoms with Crippen molar-refractivity contribution in [1.29, 1.82) is 0 Å². The minimum Gasteiger partial charge on any atom is -0.362 e. The van der Waals surface area contributed by atoms with E-state index < -0.39 is 0 Å². The zero-order valence-corrected chi connectivity index (χ0v) is 13.2. The van der Waals surface area contributed by atoms with Crippen molar-refractivity contribution in [1.82, 2.24) is 4.98 Å². The van der Waals surface area contributed by atoms with E-state index in [4.69, 9.17) is 4.98 Å². The Hall–Kier alpha value is -2.47. The van der Waals surface area contributed by atoms with Gasteiger partial charge in [-0.2, -0.15) is 0 Å². The van der Waals surface area contributed by atoms with Gasteiger partial charge in [0.15, 0.2) is 0 Å². The first-order chi connectivity index (χ1) is 11.2. The quantitative estimate of drug-likeness (QED) is 0.524. The summed E-state index contributed by atoms with van der Waals surface area (Å²) >= 11 is 1.74. The summed E-state index contributed by atoms with van der Waals surface area (Å²) in [6.45, 7) is 0.957. The average Bonchev–Trinajstić information content (AvgIpc) is 3.21. The second kappa shape index (κ2) is 5.62. The van der Waals surface area contributed by atoms with Crippen molar-refractivity contribution < 1.29 is 4.92 Å². The molecular formula is C17H15N3O2S. The number of thiazole rings is 1. The van der Waals surface area contributed by atoms with Crippen LogP contribution < -0.4 is 4.90 Å². The number of nitro groups is 1. The van der Waals surface area contributed by atoms with Crippen molar-refractivity contribution in [2.45, 2.75) is 18.9 Å². The minimum absolute atomic E-state index is 0.129. The van der Waals surface area contributed by atoms with Gasteiger partial charge < -0.3 is 4.90 Å². The van der Waals surface area contributed by atoms with Crippen LogP contribution >= 0.6 is 11.3 Å². The fourth-order valence-corrected chi connectivity index (χ4v) is 4.25. The molecule has 0 saturated carbocycles. The van der Waals surface area contributed by atoms with Gasteiger partial charge in [-0.25, -0.2) is 4.98 Å². The zero-order valence-electron chi connectivity index (χ0n) is 12.4. The second-order valence-corrected chi connectivity index (χ2v) is 6.71. The van der Waals surface area contributed by atoms with Crippen molar-refractivity contribution in [2.75, 3.05) is 11.4 Å². The van der Waals surface area contributed by atoms with Gasteiger partial charge in [-0.15, -0.1) is 11.3 Å². The number of nitrogens with zero attached hydrogens (tertiary/aromatic N) is 3. The summed E-state index contributed by atoms with van der Waals surface area (Å²) in [4.78, 5) is 17.5. The highest BCUT2D eigenvalue weighted by Crippen LogP contribution is 2.39. The highest BCUT2D eigenvalue weighted by Gasteiger charge is 2.29. The van der Waals surface area contributed by atoms with Crippen LogP contribution in [0, 0.1) is 10.1 Å². The van der Waals surface area contributed by atoms with Crippen LogP contribution in [-0.2, 0) is 0 Å². The van der Waals surface area contributed by atoms with Crippen LogP contribution in [0.3, 0.4) is 0 Å². The third-order valence-electron chi connectivity index (χ3n) is 4.24. The second-order valence-electron chi connectivity index (χ2n) is 5.64. The number of rotatable bonds is 3. The van der Waals surface area contributed by atoms with Gasteiger partial charge >= 0.3 is 0 Å². The zero-order chi connectivity index (χ0) is 15.8. The van der Waals surface area contributed by atoms with Gasteiger partial charge in [0, 0.05) is 24.4 Å². The number of non-ortho nitro benzene ring substituents is 1. The van der Waals surface area contributed by atoms with Gasteiger partial charge in [0.25, 0.3) is 5.69 Å². The van der Waals surface area contributed by atoms with E-state index in [1.807, 2.05) is 30.3 Å². The van der Waals surface area contributed by atoms with Crippen LogP contribution in [-0.4, -0.2) is 16.5 Å². The van der Waals surface area contributed by atoms with Gasteiger partial charge in [-0.3, -0.25) is 10.1 Å². The lowest BCUT2D eigenvalue weighted by atomic mass is 10.2.